The first-order valence-electron chi connectivity index (χ1n) is 11.0. The number of rotatable bonds is 7. The summed E-state index contributed by atoms with van der Waals surface area (Å²) < 4.78 is 11.1. The second kappa shape index (κ2) is 9.79. The highest BCUT2D eigenvalue weighted by Crippen LogP contribution is 2.42. The zero-order chi connectivity index (χ0) is 24.2. The summed E-state index contributed by atoms with van der Waals surface area (Å²) in [6.45, 7) is 4.42. The van der Waals surface area contributed by atoms with Gasteiger partial charge in [0.25, 0.3) is 11.7 Å². The fraction of sp³-hybridized carbons (Fsp3) is 0.222. The van der Waals surface area contributed by atoms with Crippen LogP contribution in [0.2, 0.25) is 0 Å². The number of aliphatic hydroxyl groups excluding tert-OH is 1. The van der Waals surface area contributed by atoms with E-state index in [-0.39, 0.29) is 17.9 Å². The number of likely N-dealkylation sites (tertiary alicyclic amines) is 1. The molecule has 7 heteroatoms. The molecule has 4 rings (SSSR count). The summed E-state index contributed by atoms with van der Waals surface area (Å²) in [5.74, 6) is -0.613. The molecule has 1 atom stereocenters. The van der Waals surface area contributed by atoms with Gasteiger partial charge in [0.2, 0.25) is 0 Å². The Balaban J connectivity index is 1.88. The Labute approximate surface area is 198 Å². The van der Waals surface area contributed by atoms with Gasteiger partial charge in [-0.25, -0.2) is 0 Å². The molecule has 174 valence electrons. The van der Waals surface area contributed by atoms with Crippen molar-refractivity contribution >= 4 is 17.4 Å². The number of pyridine rings is 1. The molecule has 1 amide bonds. The number of benzene rings is 2. The summed E-state index contributed by atoms with van der Waals surface area (Å²) >= 11 is 0. The molecule has 0 spiro atoms. The van der Waals surface area contributed by atoms with Gasteiger partial charge in [0.15, 0.2) is 11.5 Å². The van der Waals surface area contributed by atoms with Crippen molar-refractivity contribution in [1.82, 2.24) is 9.88 Å². The highest BCUT2D eigenvalue weighted by Gasteiger charge is 2.46. The van der Waals surface area contributed by atoms with E-state index in [4.69, 9.17) is 9.47 Å². The summed E-state index contributed by atoms with van der Waals surface area (Å²) in [6.07, 6.45) is 3.29. The number of ether oxygens (including phenoxy) is 2. The quantitative estimate of drug-likeness (QED) is 0.320. The van der Waals surface area contributed by atoms with Crippen LogP contribution in [-0.4, -0.2) is 40.4 Å². The third kappa shape index (κ3) is 4.37. The predicted octanol–water partition coefficient (Wildman–Crippen LogP) is 4.42. The molecule has 1 saturated heterocycles. The van der Waals surface area contributed by atoms with Crippen molar-refractivity contribution in [3.05, 3.63) is 94.8 Å². The number of Topliss-reactive ketones (excluding diaryl/α,β-unsaturated/α-hetero) is 1. The lowest BCUT2D eigenvalue weighted by molar-refractivity contribution is -0.140. The van der Waals surface area contributed by atoms with E-state index < -0.39 is 17.7 Å². The Morgan fingerprint density at radius 2 is 1.85 bits per heavy atom. The van der Waals surface area contributed by atoms with Crippen molar-refractivity contribution in [2.24, 2.45) is 0 Å². The van der Waals surface area contributed by atoms with Crippen LogP contribution in [-0.2, 0) is 16.1 Å². The Kier molecular flexibility index (Phi) is 6.63. The number of aliphatic hydroxyl groups is 1. The molecule has 0 saturated carbocycles. The maximum atomic E-state index is 13.2. The Morgan fingerprint density at radius 3 is 2.50 bits per heavy atom. The van der Waals surface area contributed by atoms with Crippen molar-refractivity contribution in [2.45, 2.75) is 26.4 Å². The number of hydrogen-bond donors (Lipinski definition) is 1. The van der Waals surface area contributed by atoms with Crippen LogP contribution in [0.5, 0.6) is 11.5 Å². The Bertz CT molecular complexity index is 1240. The van der Waals surface area contributed by atoms with Crippen LogP contribution in [0.4, 0.5) is 0 Å². The van der Waals surface area contributed by atoms with E-state index in [1.54, 1.807) is 48.8 Å². The van der Waals surface area contributed by atoms with Crippen LogP contribution in [0.15, 0.2) is 72.6 Å². The first kappa shape index (κ1) is 23.0. The summed E-state index contributed by atoms with van der Waals surface area (Å²) in [5, 5.41) is 11.2. The minimum absolute atomic E-state index is 0.0314. The van der Waals surface area contributed by atoms with E-state index in [2.05, 4.69) is 4.98 Å². The number of amides is 1. The lowest BCUT2D eigenvalue weighted by Crippen LogP contribution is -2.29. The zero-order valence-electron chi connectivity index (χ0n) is 19.3. The van der Waals surface area contributed by atoms with Gasteiger partial charge in [0.05, 0.1) is 25.3 Å². The van der Waals surface area contributed by atoms with E-state index in [9.17, 15) is 14.7 Å². The predicted molar refractivity (Wildman–Crippen MR) is 127 cm³/mol. The molecule has 1 aliphatic rings. The smallest absolute Gasteiger partial charge is 0.295 e. The number of carbonyl (C=O) groups excluding carboxylic acids is 2. The average Bonchev–Trinajstić information content (AvgIpc) is 3.10. The van der Waals surface area contributed by atoms with Crippen LogP contribution in [0.25, 0.3) is 5.76 Å². The maximum absolute atomic E-state index is 13.2. The standard InChI is InChI=1S/C27H26N2O5/c1-4-34-21-12-11-20(14-22(21)33-3)24-23(25(30)19-9-7-17(2)8-10-19)26(31)27(32)29(24)16-18-6-5-13-28-15-18/h5-15,24,30H,4,16H2,1-3H3/b25-23-. The minimum atomic E-state index is -0.814. The van der Waals surface area contributed by atoms with Gasteiger partial charge in [0.1, 0.15) is 5.76 Å². The molecule has 2 aromatic carbocycles. The number of ketones is 1. The van der Waals surface area contributed by atoms with E-state index >= 15 is 0 Å². The molecular formula is C27H26N2O5. The van der Waals surface area contributed by atoms with E-state index in [1.807, 2.05) is 32.0 Å². The van der Waals surface area contributed by atoms with E-state index in [0.29, 0.717) is 29.2 Å². The van der Waals surface area contributed by atoms with E-state index in [1.165, 1.54) is 12.0 Å². The molecule has 1 aromatic heterocycles. The molecule has 0 bridgehead atoms. The molecule has 3 aromatic rings. The van der Waals surface area contributed by atoms with Gasteiger partial charge in [0, 0.05) is 24.5 Å². The van der Waals surface area contributed by atoms with Gasteiger partial charge in [-0.2, -0.15) is 0 Å². The average molecular weight is 459 g/mol. The first-order valence-corrected chi connectivity index (χ1v) is 11.0. The van der Waals surface area contributed by atoms with Crippen molar-refractivity contribution in [3.63, 3.8) is 0 Å². The van der Waals surface area contributed by atoms with E-state index in [0.717, 1.165) is 11.1 Å². The van der Waals surface area contributed by atoms with Gasteiger partial charge in [-0.05, 0) is 43.2 Å². The molecule has 2 heterocycles. The number of aryl methyl sites for hydroxylation is 1. The highest BCUT2D eigenvalue weighted by molar-refractivity contribution is 6.46. The number of carbonyl (C=O) groups is 2. The highest BCUT2D eigenvalue weighted by atomic mass is 16.5. The third-order valence-corrected chi connectivity index (χ3v) is 5.74. The molecular weight excluding hydrogens is 432 g/mol. The van der Waals surface area contributed by atoms with Crippen LogP contribution >= 0.6 is 0 Å². The second-order valence-corrected chi connectivity index (χ2v) is 8.00. The lowest BCUT2D eigenvalue weighted by Gasteiger charge is -2.26. The Morgan fingerprint density at radius 1 is 1.09 bits per heavy atom. The Hall–Kier alpha value is -4.13. The van der Waals surface area contributed by atoms with Gasteiger partial charge in [-0.1, -0.05) is 42.0 Å². The molecule has 1 fully saturated rings. The fourth-order valence-corrected chi connectivity index (χ4v) is 4.07. The topological polar surface area (TPSA) is 89.0 Å². The van der Waals surface area contributed by atoms with Gasteiger partial charge in [-0.3, -0.25) is 14.6 Å². The molecule has 0 radical (unpaired) electrons. The van der Waals surface area contributed by atoms with Gasteiger partial charge < -0.3 is 19.5 Å². The minimum Gasteiger partial charge on any atom is -0.507 e. The molecule has 0 aliphatic carbocycles. The zero-order valence-corrected chi connectivity index (χ0v) is 19.3. The summed E-state index contributed by atoms with van der Waals surface area (Å²) in [4.78, 5) is 32.0. The van der Waals surface area contributed by atoms with Gasteiger partial charge >= 0.3 is 0 Å². The lowest BCUT2D eigenvalue weighted by atomic mass is 9.94. The van der Waals surface area contributed by atoms with Crippen molar-refractivity contribution in [1.29, 1.82) is 0 Å². The number of aromatic nitrogens is 1. The molecule has 1 aliphatic heterocycles. The monoisotopic (exact) mass is 458 g/mol. The molecule has 7 nitrogen and oxygen atoms in total. The van der Waals surface area contributed by atoms with Crippen molar-refractivity contribution < 1.29 is 24.2 Å². The van der Waals surface area contributed by atoms with Crippen molar-refractivity contribution in [3.8, 4) is 11.5 Å². The van der Waals surface area contributed by atoms with Crippen LogP contribution in [0.1, 0.15) is 35.2 Å². The fourth-order valence-electron chi connectivity index (χ4n) is 4.07. The maximum Gasteiger partial charge on any atom is 0.295 e. The summed E-state index contributed by atoms with van der Waals surface area (Å²) in [6, 6.07) is 15.2. The number of methoxy groups -OCH3 is 1. The van der Waals surface area contributed by atoms with Crippen molar-refractivity contribution in [2.75, 3.05) is 13.7 Å². The normalized spacial score (nSPS) is 17.1. The number of nitrogens with zero attached hydrogens (tertiary/aromatic N) is 2. The van der Waals surface area contributed by atoms with Crippen LogP contribution < -0.4 is 9.47 Å². The third-order valence-electron chi connectivity index (χ3n) is 5.74. The molecule has 1 N–H and O–H groups in total. The summed E-state index contributed by atoms with van der Waals surface area (Å²) in [7, 11) is 1.53. The van der Waals surface area contributed by atoms with Gasteiger partial charge in [-0.15, -0.1) is 0 Å². The number of hydrogen-bond acceptors (Lipinski definition) is 6. The van der Waals surface area contributed by atoms with Crippen LogP contribution in [0.3, 0.4) is 0 Å². The van der Waals surface area contributed by atoms with Crippen LogP contribution in [0, 0.1) is 6.92 Å². The SMILES string of the molecule is CCOc1ccc(C2/C(=C(/O)c3ccc(C)cc3)C(=O)C(=O)N2Cc2cccnc2)cc1OC. The molecule has 1 unspecified atom stereocenters. The first-order chi connectivity index (χ1) is 16.4. The molecule has 34 heavy (non-hydrogen) atoms. The summed E-state index contributed by atoms with van der Waals surface area (Å²) in [5.41, 5.74) is 2.90. The second-order valence-electron chi connectivity index (χ2n) is 8.00. The largest absolute Gasteiger partial charge is 0.507 e.